The lowest BCUT2D eigenvalue weighted by atomic mass is 9.73. The highest BCUT2D eigenvalue weighted by atomic mass is 32.2. The predicted octanol–water partition coefficient (Wildman–Crippen LogP) is 2.33. The minimum Gasteiger partial charge on any atom is -0.330 e. The van der Waals surface area contributed by atoms with E-state index in [-0.39, 0.29) is 0 Å². The van der Waals surface area contributed by atoms with E-state index >= 15 is 0 Å². The molecule has 0 aromatic rings. The first-order valence-corrected chi connectivity index (χ1v) is 7.83. The van der Waals surface area contributed by atoms with Gasteiger partial charge in [0.15, 0.2) is 0 Å². The Hall–Kier alpha value is 0.270. The van der Waals surface area contributed by atoms with E-state index < -0.39 is 0 Å². The number of thioether (sulfide) groups is 1. The first-order valence-electron chi connectivity index (χ1n) is 6.78. The average molecular weight is 242 g/mol. The monoisotopic (exact) mass is 242 g/mol. The van der Waals surface area contributed by atoms with Crippen LogP contribution in [0.15, 0.2) is 0 Å². The van der Waals surface area contributed by atoms with Crippen molar-refractivity contribution in [3.05, 3.63) is 0 Å². The highest BCUT2D eigenvalue weighted by molar-refractivity contribution is 7.99. The van der Waals surface area contributed by atoms with E-state index in [1.807, 2.05) is 0 Å². The fourth-order valence-corrected chi connectivity index (χ4v) is 4.32. The quantitative estimate of drug-likeness (QED) is 0.823. The molecule has 0 aromatic heterocycles. The lowest BCUT2D eigenvalue weighted by Crippen LogP contribution is -2.47. The molecule has 0 radical (unpaired) electrons. The molecule has 2 nitrogen and oxygen atoms in total. The molecule has 2 aliphatic rings. The largest absolute Gasteiger partial charge is 0.330 e. The fraction of sp³-hybridized carbons (Fsp3) is 1.00. The molecule has 1 saturated carbocycles. The third-order valence-corrected chi connectivity index (χ3v) is 5.37. The van der Waals surface area contributed by atoms with Crippen LogP contribution in [0.25, 0.3) is 0 Å². The third-order valence-electron chi connectivity index (χ3n) is 4.23. The second kappa shape index (κ2) is 5.74. The highest BCUT2D eigenvalue weighted by Crippen LogP contribution is 2.36. The molecule has 0 amide bonds. The molecule has 2 fully saturated rings. The van der Waals surface area contributed by atoms with E-state index in [2.05, 4.69) is 23.6 Å². The molecule has 1 saturated heterocycles. The molecule has 16 heavy (non-hydrogen) atoms. The zero-order chi connectivity index (χ0) is 11.4. The summed E-state index contributed by atoms with van der Waals surface area (Å²) in [7, 11) is 0. The van der Waals surface area contributed by atoms with E-state index in [1.165, 1.54) is 57.5 Å². The molecule has 1 heterocycles. The summed E-state index contributed by atoms with van der Waals surface area (Å²) in [6.45, 7) is 7.05. The Morgan fingerprint density at radius 1 is 1.31 bits per heavy atom. The summed E-state index contributed by atoms with van der Waals surface area (Å²) in [5.74, 6) is 1.31. The van der Waals surface area contributed by atoms with Crippen molar-refractivity contribution in [2.24, 2.45) is 11.1 Å². The van der Waals surface area contributed by atoms with Crippen molar-refractivity contribution in [1.29, 1.82) is 0 Å². The summed E-state index contributed by atoms with van der Waals surface area (Å²) < 4.78 is 0. The Morgan fingerprint density at radius 2 is 2.06 bits per heavy atom. The third kappa shape index (κ3) is 3.14. The summed E-state index contributed by atoms with van der Waals surface area (Å²) in [5, 5.41) is 0.812. The first-order chi connectivity index (χ1) is 7.74. The van der Waals surface area contributed by atoms with Crippen molar-refractivity contribution in [2.45, 2.75) is 44.3 Å². The average Bonchev–Trinajstić information content (AvgIpc) is 2.30. The van der Waals surface area contributed by atoms with Gasteiger partial charge >= 0.3 is 0 Å². The van der Waals surface area contributed by atoms with Gasteiger partial charge in [0.05, 0.1) is 0 Å². The lowest BCUT2D eigenvalue weighted by Gasteiger charge is -2.42. The summed E-state index contributed by atoms with van der Waals surface area (Å²) in [6, 6.07) is 0. The van der Waals surface area contributed by atoms with Crippen LogP contribution in [-0.2, 0) is 0 Å². The van der Waals surface area contributed by atoms with Gasteiger partial charge in [-0.1, -0.05) is 26.2 Å². The molecule has 2 rings (SSSR count). The van der Waals surface area contributed by atoms with Crippen molar-refractivity contribution in [1.82, 2.24) is 4.90 Å². The van der Waals surface area contributed by atoms with Crippen molar-refractivity contribution in [3.63, 3.8) is 0 Å². The second-order valence-electron chi connectivity index (χ2n) is 5.68. The van der Waals surface area contributed by atoms with Crippen molar-refractivity contribution < 1.29 is 0 Å². The van der Waals surface area contributed by atoms with Crippen LogP contribution in [0.1, 0.15) is 39.0 Å². The normalized spacial score (nSPS) is 31.5. The summed E-state index contributed by atoms with van der Waals surface area (Å²) >= 11 is 2.12. The van der Waals surface area contributed by atoms with Gasteiger partial charge in [-0.2, -0.15) is 11.8 Å². The molecule has 0 bridgehead atoms. The lowest BCUT2D eigenvalue weighted by molar-refractivity contribution is 0.114. The van der Waals surface area contributed by atoms with Crippen LogP contribution in [0.4, 0.5) is 0 Å². The van der Waals surface area contributed by atoms with E-state index in [9.17, 15) is 0 Å². The number of hydrogen-bond acceptors (Lipinski definition) is 3. The Morgan fingerprint density at radius 3 is 2.69 bits per heavy atom. The number of nitrogens with two attached hydrogens (primary N) is 1. The van der Waals surface area contributed by atoms with Crippen LogP contribution >= 0.6 is 11.8 Å². The van der Waals surface area contributed by atoms with Crippen molar-refractivity contribution in [3.8, 4) is 0 Å². The smallest absolute Gasteiger partial charge is 0.0147 e. The molecular weight excluding hydrogens is 216 g/mol. The van der Waals surface area contributed by atoms with Gasteiger partial charge in [0.1, 0.15) is 0 Å². The van der Waals surface area contributed by atoms with Crippen LogP contribution in [0.5, 0.6) is 0 Å². The maximum atomic E-state index is 6.06. The Kier molecular flexibility index (Phi) is 4.57. The molecule has 1 unspecified atom stereocenters. The highest BCUT2D eigenvalue weighted by Gasteiger charge is 2.33. The van der Waals surface area contributed by atoms with E-state index in [4.69, 9.17) is 5.73 Å². The zero-order valence-corrected chi connectivity index (χ0v) is 11.4. The van der Waals surface area contributed by atoms with Gasteiger partial charge in [-0.15, -0.1) is 0 Å². The first kappa shape index (κ1) is 12.7. The predicted molar refractivity (Wildman–Crippen MR) is 72.9 cm³/mol. The standard InChI is InChI=1S/C13H26N2S/c1-12-9-15(7-8-16-12)11-13(10-14)5-3-2-4-6-13/h12H,2-11,14H2,1H3. The van der Waals surface area contributed by atoms with Gasteiger partial charge < -0.3 is 10.6 Å². The van der Waals surface area contributed by atoms with Gasteiger partial charge in [0, 0.05) is 30.6 Å². The van der Waals surface area contributed by atoms with Crippen LogP contribution in [-0.4, -0.2) is 42.1 Å². The minimum absolute atomic E-state index is 0.458. The fourth-order valence-electron chi connectivity index (χ4n) is 3.24. The molecule has 1 atom stereocenters. The molecule has 1 aliphatic carbocycles. The van der Waals surface area contributed by atoms with E-state index in [1.54, 1.807) is 0 Å². The zero-order valence-electron chi connectivity index (χ0n) is 10.6. The maximum absolute atomic E-state index is 6.06. The summed E-state index contributed by atoms with van der Waals surface area (Å²) in [4.78, 5) is 2.67. The van der Waals surface area contributed by atoms with Gasteiger partial charge in [-0.3, -0.25) is 0 Å². The Balaban J connectivity index is 1.89. The molecule has 0 spiro atoms. The number of rotatable bonds is 3. The second-order valence-corrected chi connectivity index (χ2v) is 7.23. The van der Waals surface area contributed by atoms with Crippen LogP contribution in [0.3, 0.4) is 0 Å². The van der Waals surface area contributed by atoms with E-state index in [0.29, 0.717) is 5.41 Å². The topological polar surface area (TPSA) is 29.3 Å². The van der Waals surface area contributed by atoms with Crippen molar-refractivity contribution >= 4 is 11.8 Å². The van der Waals surface area contributed by atoms with Gasteiger partial charge in [-0.25, -0.2) is 0 Å². The summed E-state index contributed by atoms with van der Waals surface area (Å²) in [5.41, 5.74) is 6.52. The molecule has 2 N–H and O–H groups in total. The Labute approximate surface area is 104 Å². The molecular formula is C13H26N2S. The van der Waals surface area contributed by atoms with Crippen LogP contribution in [0.2, 0.25) is 0 Å². The van der Waals surface area contributed by atoms with Gasteiger partial charge in [0.25, 0.3) is 0 Å². The summed E-state index contributed by atoms with van der Waals surface area (Å²) in [6.07, 6.45) is 6.95. The maximum Gasteiger partial charge on any atom is 0.0147 e. The van der Waals surface area contributed by atoms with Gasteiger partial charge in [-0.05, 0) is 24.8 Å². The number of nitrogens with zero attached hydrogens (tertiary/aromatic N) is 1. The minimum atomic E-state index is 0.458. The van der Waals surface area contributed by atoms with Gasteiger partial charge in [0.2, 0.25) is 0 Å². The molecule has 94 valence electrons. The van der Waals surface area contributed by atoms with Crippen molar-refractivity contribution in [2.75, 3.05) is 31.9 Å². The number of hydrogen-bond donors (Lipinski definition) is 1. The molecule has 3 heteroatoms. The SMILES string of the molecule is CC1CN(CC2(CN)CCCCC2)CCS1. The molecule has 1 aliphatic heterocycles. The Bertz CT molecular complexity index is 214. The molecule has 0 aromatic carbocycles. The van der Waals surface area contributed by atoms with Crippen LogP contribution in [0, 0.1) is 5.41 Å². The van der Waals surface area contributed by atoms with Crippen LogP contribution < -0.4 is 5.73 Å². The van der Waals surface area contributed by atoms with E-state index in [0.717, 1.165) is 11.8 Å².